The van der Waals surface area contributed by atoms with Crippen LogP contribution in [-0.2, 0) is 80.8 Å². The Morgan fingerprint density at radius 1 is 0.318 bits per heavy atom. The molecule has 0 radical (unpaired) electrons. The molecule has 0 aromatic heterocycles. The molecule has 0 bridgehead atoms. The maximum Gasteiger partial charge on any atom is 0.217 e. The highest BCUT2D eigenvalue weighted by molar-refractivity contribution is 5.74. The van der Waals surface area contributed by atoms with Crippen molar-refractivity contribution in [3.63, 3.8) is 0 Å². The topological polar surface area (TPSA) is 580 Å². The van der Waals surface area contributed by atoms with E-state index in [1.54, 1.807) is 0 Å². The van der Waals surface area contributed by atoms with Crippen LogP contribution in [-0.4, -0.2) is 358 Å². The lowest BCUT2D eigenvalue weighted by Gasteiger charge is -2.50. The van der Waals surface area contributed by atoms with E-state index in [2.05, 4.69) is 21.3 Å². The van der Waals surface area contributed by atoms with Gasteiger partial charge in [0.2, 0.25) is 23.6 Å². The average molecular weight is 1290 g/mol. The lowest BCUT2D eigenvalue weighted by Crippen LogP contribution is -2.71. The highest BCUT2D eigenvalue weighted by atomic mass is 16.8. The average Bonchev–Trinajstić information content (AvgIpc) is 1.04. The van der Waals surface area contributed by atoms with Gasteiger partial charge in [0.15, 0.2) is 44.0 Å². The fourth-order valence-corrected chi connectivity index (χ4v) is 11.4. The van der Waals surface area contributed by atoms with Gasteiger partial charge in [0.05, 0.1) is 45.2 Å². The van der Waals surface area contributed by atoms with E-state index in [1.807, 2.05) is 0 Å². The summed E-state index contributed by atoms with van der Waals surface area (Å²) in [6.07, 6.45) is -55.8. The zero-order valence-electron chi connectivity index (χ0n) is 48.3. The van der Waals surface area contributed by atoms with E-state index in [1.165, 1.54) is 13.8 Å². The molecule has 0 aromatic carbocycles. The van der Waals surface area contributed by atoms with Gasteiger partial charge in [-0.2, -0.15) is 0 Å². The molecule has 0 spiro atoms. The van der Waals surface area contributed by atoms with Crippen molar-refractivity contribution in [3.8, 4) is 0 Å². The molecule has 7 saturated heterocycles. The summed E-state index contributed by atoms with van der Waals surface area (Å²) < 4.78 is 76.0. The highest BCUT2D eigenvalue weighted by Crippen LogP contribution is 2.37. The van der Waals surface area contributed by atoms with Gasteiger partial charge in [-0.25, -0.2) is 0 Å². The third kappa shape index (κ3) is 16.0. The summed E-state index contributed by atoms with van der Waals surface area (Å²) in [6, 6.07) is -6.71. The Morgan fingerprint density at radius 3 is 1.05 bits per heavy atom. The Labute approximate surface area is 500 Å². The number of amides is 4. The van der Waals surface area contributed by atoms with Crippen LogP contribution in [0.25, 0.3) is 0 Å². The maximum absolute atomic E-state index is 12.7. The smallest absolute Gasteiger partial charge is 0.217 e. The molecule has 35 atom stereocenters. The molecule has 0 saturated carbocycles. The van der Waals surface area contributed by atoms with E-state index >= 15 is 0 Å². The summed E-state index contributed by atoms with van der Waals surface area (Å²) in [4.78, 5) is 50.5. The van der Waals surface area contributed by atoms with Crippen molar-refractivity contribution in [1.82, 2.24) is 21.3 Å². The van der Waals surface area contributed by atoms with Gasteiger partial charge < -0.3 is 170 Å². The second-order valence-electron chi connectivity index (χ2n) is 22.5. The van der Waals surface area contributed by atoms with Crippen LogP contribution < -0.4 is 21.3 Å². The van der Waals surface area contributed by atoms with Crippen molar-refractivity contribution in [1.29, 1.82) is 0 Å². The molecule has 7 aliphatic heterocycles. The summed E-state index contributed by atoms with van der Waals surface area (Å²) in [6.45, 7) is 2.00. The SMILES string of the molecule is CC(=O)N[C@@H]1[C@@H](O[C@@H]2O[C@H](CO)[C@H](O[C@@H]3O[C@H](CO)[C@H](O)[C@H](O[C@@H]4O[C@@H](C)[C@@H](O)[C@@H](O)[C@@H]4O)[C@H]3NC(C)=O)[C@H](O)[C@H]2O)[C@@H](O)[C@@H](CO[C@@H]2O[C@H](CO)[C@@H](O[C@@H]3O[C@H](CO)[C@H](O)[C@H](O[C@@H]4O[C@@H](C)[C@@H](O)[C@@H](O)[C@@H]4O)[C@H]3NC(C)=O)[C@H](O)[C@H]2NC(C)=O)O[C@@H]1O. The van der Waals surface area contributed by atoms with E-state index < -0.39 is 271 Å². The Kier molecular flexibility index (Phi) is 25.5. The van der Waals surface area contributed by atoms with Gasteiger partial charge in [-0.15, -0.1) is 0 Å². The number of nitrogens with one attached hydrogen (secondary N) is 4. The molecule has 4 amide bonds. The molecule has 38 heteroatoms. The molecule has 21 N–H and O–H groups in total. The van der Waals surface area contributed by atoms with Crippen molar-refractivity contribution in [2.24, 2.45) is 0 Å². The first-order valence-corrected chi connectivity index (χ1v) is 28.3. The van der Waals surface area contributed by atoms with Gasteiger partial charge in [-0.1, -0.05) is 0 Å². The third-order valence-electron chi connectivity index (χ3n) is 16.1. The largest absolute Gasteiger partial charge is 0.394 e. The van der Waals surface area contributed by atoms with Gasteiger partial charge in [0, 0.05) is 27.7 Å². The summed E-state index contributed by atoms with van der Waals surface area (Å²) in [5.41, 5.74) is 0. The number of hydrogen-bond donors (Lipinski definition) is 21. The molecule has 0 aliphatic carbocycles. The van der Waals surface area contributed by atoms with E-state index in [9.17, 15) is 106 Å². The van der Waals surface area contributed by atoms with Crippen LogP contribution in [0, 0.1) is 0 Å². The quantitative estimate of drug-likeness (QED) is 0.0507. The molecule has 508 valence electrons. The number of hydrogen-bond acceptors (Lipinski definition) is 34. The van der Waals surface area contributed by atoms with Gasteiger partial charge >= 0.3 is 0 Å². The minimum Gasteiger partial charge on any atom is -0.394 e. The predicted molar refractivity (Wildman–Crippen MR) is 275 cm³/mol. The van der Waals surface area contributed by atoms with Crippen LogP contribution in [0.2, 0.25) is 0 Å². The molecule has 38 nitrogen and oxygen atoms in total. The van der Waals surface area contributed by atoms with Crippen LogP contribution in [0.15, 0.2) is 0 Å². The Hall–Kier alpha value is -3.32. The van der Waals surface area contributed by atoms with E-state index in [4.69, 9.17) is 61.6 Å². The summed E-state index contributed by atoms with van der Waals surface area (Å²) in [5.74, 6) is -3.22. The first-order chi connectivity index (χ1) is 41.5. The second-order valence-corrected chi connectivity index (χ2v) is 22.5. The summed E-state index contributed by atoms with van der Waals surface area (Å²) in [7, 11) is 0. The number of carbonyl (C=O) groups is 4. The molecule has 7 aliphatic rings. The Balaban J connectivity index is 1.07. The Bertz CT molecular complexity index is 2270. The van der Waals surface area contributed by atoms with Crippen LogP contribution in [0.1, 0.15) is 41.5 Å². The molecule has 88 heavy (non-hydrogen) atoms. The Morgan fingerprint density at radius 2 is 0.636 bits per heavy atom. The van der Waals surface area contributed by atoms with Crippen molar-refractivity contribution in [3.05, 3.63) is 0 Å². The van der Waals surface area contributed by atoms with Gasteiger partial charge in [-0.3, -0.25) is 19.2 Å². The molecular formula is C50H84N4O34. The van der Waals surface area contributed by atoms with Crippen LogP contribution in [0.5, 0.6) is 0 Å². The lowest BCUT2D eigenvalue weighted by molar-refractivity contribution is -0.374. The monoisotopic (exact) mass is 1280 g/mol. The number of aliphatic hydroxyl groups is 17. The minimum absolute atomic E-state index is 0.785. The standard InChI is InChI=1S/C50H84N4O34/c1-12-27(63)33(69)36(72)48(77-12)87-42-25(53-16(5)61)46(80-18(7-55)29(42)65)84-39-20(9-57)82-45(23(32(39)68)51-14(3)59)76-11-22-31(67)41(24(44(75)79-22)52-15(4)60)86-50-38(74)35(71)40(21(10-58)83-50)85-47-26(54-17(6)62)43(30(66)19(8-56)81-47)88-49-37(73)34(70)28(64)13(2)78-49/h12-13,18-50,55-58,63-75H,7-11H2,1-6H3,(H,51,59)(H,52,60)(H,53,61)(H,54,62)/t12-,13-,18+,19+,20+,21+,22+,23+,24+,25+,26+,27+,28+,29-,30-,31-,32+,33+,34+,35+,36-,37-,38+,39+,40-,41+,42+,43+,44-,45+,46-,47-,48-,49-,50-/m0/s1. The van der Waals surface area contributed by atoms with Gasteiger partial charge in [0.25, 0.3) is 0 Å². The second kappa shape index (κ2) is 31.1. The first-order valence-electron chi connectivity index (χ1n) is 28.3. The molecule has 7 fully saturated rings. The third-order valence-corrected chi connectivity index (χ3v) is 16.1. The first kappa shape index (κ1) is 72.1. The summed E-state index contributed by atoms with van der Waals surface area (Å²) >= 11 is 0. The highest BCUT2D eigenvalue weighted by Gasteiger charge is 2.58. The van der Waals surface area contributed by atoms with Gasteiger partial charge in [0.1, 0.15) is 158 Å². The van der Waals surface area contributed by atoms with E-state index in [-0.39, 0.29) is 0 Å². The van der Waals surface area contributed by atoms with E-state index in [0.717, 1.165) is 27.7 Å². The van der Waals surface area contributed by atoms with Crippen molar-refractivity contribution in [2.45, 2.75) is 256 Å². The minimum atomic E-state index is -2.25. The number of rotatable bonds is 21. The summed E-state index contributed by atoms with van der Waals surface area (Å²) in [5, 5.41) is 196. The normalized spacial score (nSPS) is 48.4. The zero-order chi connectivity index (χ0) is 65.1. The van der Waals surface area contributed by atoms with Crippen LogP contribution in [0.4, 0.5) is 0 Å². The van der Waals surface area contributed by atoms with Crippen molar-refractivity contribution in [2.75, 3.05) is 33.0 Å². The van der Waals surface area contributed by atoms with E-state index in [0.29, 0.717) is 0 Å². The predicted octanol–water partition coefficient (Wildman–Crippen LogP) is -13.6. The van der Waals surface area contributed by atoms with Gasteiger partial charge in [-0.05, 0) is 13.8 Å². The number of carbonyl (C=O) groups excluding carboxylic acids is 4. The zero-order valence-corrected chi connectivity index (χ0v) is 48.3. The fourth-order valence-electron chi connectivity index (χ4n) is 11.4. The maximum atomic E-state index is 12.7. The van der Waals surface area contributed by atoms with Crippen molar-refractivity contribution < 1.29 is 168 Å². The number of aliphatic hydroxyl groups excluding tert-OH is 17. The van der Waals surface area contributed by atoms with Crippen LogP contribution in [0.3, 0.4) is 0 Å². The fraction of sp³-hybridized carbons (Fsp3) is 0.920. The van der Waals surface area contributed by atoms with Crippen LogP contribution >= 0.6 is 0 Å². The molecular weight excluding hydrogens is 1200 g/mol. The lowest BCUT2D eigenvalue weighted by atomic mass is 9.93. The number of ether oxygens (including phenoxy) is 13. The van der Waals surface area contributed by atoms with Crippen molar-refractivity contribution >= 4 is 23.6 Å². The molecule has 0 aromatic rings. The molecule has 7 heterocycles. The molecule has 0 unspecified atom stereocenters. The molecule has 7 rings (SSSR count).